The van der Waals surface area contributed by atoms with Crippen LogP contribution in [0.2, 0.25) is 0 Å². The van der Waals surface area contributed by atoms with E-state index in [9.17, 15) is 18.0 Å². The van der Waals surface area contributed by atoms with Gasteiger partial charge in [-0.3, -0.25) is 0 Å². The summed E-state index contributed by atoms with van der Waals surface area (Å²) in [6, 6.07) is 5.85. The predicted molar refractivity (Wildman–Crippen MR) is 104 cm³/mol. The normalized spacial score (nSPS) is 27.6. The van der Waals surface area contributed by atoms with Gasteiger partial charge in [-0.15, -0.1) is 13.2 Å². The summed E-state index contributed by atoms with van der Waals surface area (Å²) < 4.78 is 52.3. The molecule has 0 aromatic heterocycles. The van der Waals surface area contributed by atoms with E-state index >= 15 is 0 Å². The number of nitrogens with two attached hydrogens (primary N) is 1. The first kappa shape index (κ1) is 22.7. The molecule has 1 saturated heterocycles. The first-order valence-electron chi connectivity index (χ1n) is 10.3. The molecule has 0 radical (unpaired) electrons. The Hall–Kier alpha value is -2.00. The molecule has 9 heteroatoms. The molecule has 30 heavy (non-hydrogen) atoms. The molecule has 1 heterocycles. The number of alkyl halides is 3. The van der Waals surface area contributed by atoms with Crippen LogP contribution in [0.5, 0.6) is 5.75 Å². The van der Waals surface area contributed by atoms with Gasteiger partial charge in [0.05, 0.1) is 25.9 Å². The van der Waals surface area contributed by atoms with E-state index in [2.05, 4.69) is 4.74 Å². The molecule has 0 spiro atoms. The van der Waals surface area contributed by atoms with Crippen LogP contribution in [0, 0.1) is 0 Å². The van der Waals surface area contributed by atoms with Gasteiger partial charge in [0.15, 0.2) is 0 Å². The number of rotatable bonds is 5. The molecule has 2 fully saturated rings. The number of carbonyl (C=O) groups is 1. The van der Waals surface area contributed by atoms with Gasteiger partial charge in [0.2, 0.25) is 0 Å². The smallest absolute Gasteiger partial charge is 0.453 e. The van der Waals surface area contributed by atoms with Crippen molar-refractivity contribution in [2.75, 3.05) is 20.3 Å². The monoisotopic (exact) mass is 430 g/mol. The molecule has 1 aliphatic carbocycles. The lowest BCUT2D eigenvalue weighted by molar-refractivity contribution is -0.274. The first-order valence-corrected chi connectivity index (χ1v) is 10.3. The van der Waals surface area contributed by atoms with Gasteiger partial charge in [-0.2, -0.15) is 0 Å². The average Bonchev–Trinajstić information content (AvgIpc) is 2.71. The minimum Gasteiger partial charge on any atom is -0.453 e. The van der Waals surface area contributed by atoms with E-state index in [0.717, 1.165) is 44.1 Å². The second kappa shape index (κ2) is 9.87. The average molecular weight is 430 g/mol. The molecule has 2 aliphatic rings. The van der Waals surface area contributed by atoms with Crippen LogP contribution in [0.1, 0.15) is 50.0 Å². The minimum atomic E-state index is -4.69. The van der Waals surface area contributed by atoms with Crippen LogP contribution >= 0.6 is 0 Å². The highest BCUT2D eigenvalue weighted by Gasteiger charge is 2.34. The number of nitrogens with zero attached hydrogens (tertiary/aromatic N) is 1. The summed E-state index contributed by atoms with van der Waals surface area (Å²) in [5.74, 6) is -0.0160. The van der Waals surface area contributed by atoms with Crippen LogP contribution in [-0.2, 0) is 9.47 Å². The summed E-state index contributed by atoms with van der Waals surface area (Å²) in [6.45, 7) is 0.970. The molecule has 2 atom stereocenters. The van der Waals surface area contributed by atoms with Crippen molar-refractivity contribution in [2.45, 2.75) is 69.0 Å². The lowest BCUT2D eigenvalue weighted by Crippen LogP contribution is -2.56. The van der Waals surface area contributed by atoms with Crippen molar-refractivity contribution in [2.24, 2.45) is 5.73 Å². The summed E-state index contributed by atoms with van der Waals surface area (Å²) >= 11 is 0. The zero-order valence-electron chi connectivity index (χ0n) is 17.1. The lowest BCUT2D eigenvalue weighted by Gasteiger charge is -2.39. The number of ether oxygens (including phenoxy) is 3. The van der Waals surface area contributed by atoms with E-state index in [-0.39, 0.29) is 35.9 Å². The molecular weight excluding hydrogens is 401 g/mol. The van der Waals surface area contributed by atoms with Crippen LogP contribution in [0.3, 0.4) is 0 Å². The molecule has 6 nitrogen and oxygen atoms in total. The Balaban J connectivity index is 1.51. The Morgan fingerprint density at radius 1 is 1.20 bits per heavy atom. The fraction of sp³-hybridized carbons (Fsp3) is 0.667. The van der Waals surface area contributed by atoms with E-state index in [1.807, 2.05) is 6.07 Å². The molecule has 1 amide bonds. The third kappa shape index (κ3) is 6.01. The van der Waals surface area contributed by atoms with Crippen molar-refractivity contribution in [1.29, 1.82) is 0 Å². The number of halogens is 3. The van der Waals surface area contributed by atoms with Crippen LogP contribution in [0.15, 0.2) is 24.3 Å². The highest BCUT2D eigenvalue weighted by atomic mass is 19.4. The van der Waals surface area contributed by atoms with E-state index < -0.39 is 6.36 Å². The maximum Gasteiger partial charge on any atom is 0.573 e. The second-order valence-corrected chi connectivity index (χ2v) is 7.96. The molecule has 1 aliphatic heterocycles. The molecule has 1 aromatic carbocycles. The Morgan fingerprint density at radius 2 is 1.93 bits per heavy atom. The van der Waals surface area contributed by atoms with Crippen molar-refractivity contribution in [1.82, 2.24) is 4.90 Å². The number of benzene rings is 1. The van der Waals surface area contributed by atoms with Gasteiger partial charge in [-0.05, 0) is 62.1 Å². The van der Waals surface area contributed by atoms with Gasteiger partial charge >= 0.3 is 12.5 Å². The van der Waals surface area contributed by atoms with Crippen molar-refractivity contribution in [3.05, 3.63) is 29.8 Å². The fourth-order valence-electron chi connectivity index (χ4n) is 4.41. The minimum absolute atomic E-state index is 0.0458. The molecule has 1 aromatic rings. The zero-order chi connectivity index (χ0) is 21.7. The SMILES string of the molecule is COC(=O)N1CCCC(N)C1COC1CCC(c2cccc(OC(F)(F)F)c2)CC1. The van der Waals surface area contributed by atoms with Crippen LogP contribution in [0.4, 0.5) is 18.0 Å². The molecule has 2 N–H and O–H groups in total. The van der Waals surface area contributed by atoms with E-state index in [0.29, 0.717) is 13.2 Å². The molecule has 168 valence electrons. The van der Waals surface area contributed by atoms with Crippen LogP contribution in [0.25, 0.3) is 0 Å². The second-order valence-electron chi connectivity index (χ2n) is 7.96. The standard InChI is InChI=1S/C21H29F3N2O4/c1-28-20(27)26-11-3-6-18(25)19(26)13-29-16-9-7-14(8-10-16)15-4-2-5-17(12-15)30-21(22,23)24/h2,4-5,12,14,16,18-19H,3,6-11,13,25H2,1H3. The van der Waals surface area contributed by atoms with E-state index in [1.54, 1.807) is 11.0 Å². The van der Waals surface area contributed by atoms with Gasteiger partial charge in [-0.1, -0.05) is 12.1 Å². The van der Waals surface area contributed by atoms with Crippen molar-refractivity contribution in [3.63, 3.8) is 0 Å². The number of hydrogen-bond donors (Lipinski definition) is 1. The molecular formula is C21H29F3N2O4. The third-order valence-electron chi connectivity index (χ3n) is 5.98. The van der Waals surface area contributed by atoms with Gasteiger partial charge in [-0.25, -0.2) is 4.79 Å². The summed E-state index contributed by atoms with van der Waals surface area (Å²) in [5, 5.41) is 0. The Labute approximate surface area is 174 Å². The summed E-state index contributed by atoms with van der Waals surface area (Å²) in [5.41, 5.74) is 7.06. The lowest BCUT2D eigenvalue weighted by atomic mass is 9.82. The van der Waals surface area contributed by atoms with E-state index in [1.165, 1.54) is 19.2 Å². The number of methoxy groups -OCH3 is 1. The molecule has 3 rings (SSSR count). The number of amides is 1. The largest absolute Gasteiger partial charge is 0.573 e. The topological polar surface area (TPSA) is 74.0 Å². The quantitative estimate of drug-likeness (QED) is 0.758. The fourth-order valence-corrected chi connectivity index (χ4v) is 4.41. The summed E-state index contributed by atoms with van der Waals surface area (Å²) in [4.78, 5) is 13.6. The Bertz CT molecular complexity index is 708. The summed E-state index contributed by atoms with van der Waals surface area (Å²) in [7, 11) is 1.36. The Morgan fingerprint density at radius 3 is 2.60 bits per heavy atom. The van der Waals surface area contributed by atoms with Crippen molar-refractivity contribution < 1.29 is 32.2 Å². The van der Waals surface area contributed by atoms with Gasteiger partial charge < -0.3 is 24.8 Å². The number of piperidine rings is 1. The molecule has 0 bridgehead atoms. The van der Waals surface area contributed by atoms with Crippen LogP contribution in [-0.4, -0.2) is 55.8 Å². The molecule has 2 unspecified atom stereocenters. The maximum absolute atomic E-state index is 12.5. The van der Waals surface area contributed by atoms with Gasteiger partial charge in [0, 0.05) is 12.6 Å². The van der Waals surface area contributed by atoms with Crippen LogP contribution < -0.4 is 10.5 Å². The van der Waals surface area contributed by atoms with E-state index in [4.69, 9.17) is 15.2 Å². The van der Waals surface area contributed by atoms with Gasteiger partial charge in [0.1, 0.15) is 5.75 Å². The summed E-state index contributed by atoms with van der Waals surface area (Å²) in [6.07, 6.45) is -0.116. The zero-order valence-corrected chi connectivity index (χ0v) is 17.1. The van der Waals surface area contributed by atoms with Crippen molar-refractivity contribution >= 4 is 6.09 Å². The number of likely N-dealkylation sites (tertiary alicyclic amines) is 1. The number of carbonyl (C=O) groups excluding carboxylic acids is 1. The Kier molecular flexibility index (Phi) is 7.46. The number of hydrogen-bond acceptors (Lipinski definition) is 5. The first-order chi connectivity index (χ1) is 14.3. The third-order valence-corrected chi connectivity index (χ3v) is 5.98. The van der Waals surface area contributed by atoms with Gasteiger partial charge in [0.25, 0.3) is 0 Å². The van der Waals surface area contributed by atoms with Crippen molar-refractivity contribution in [3.8, 4) is 5.75 Å². The maximum atomic E-state index is 12.5. The molecule has 1 saturated carbocycles. The highest BCUT2D eigenvalue weighted by Crippen LogP contribution is 2.36. The predicted octanol–water partition coefficient (Wildman–Crippen LogP) is 4.19. The highest BCUT2D eigenvalue weighted by molar-refractivity contribution is 5.68.